The number of nitrogens with zero attached hydrogens (tertiary/aromatic N) is 3. The van der Waals surface area contributed by atoms with E-state index in [2.05, 4.69) is 4.98 Å². The van der Waals surface area contributed by atoms with Crippen LogP contribution < -0.4 is 4.90 Å². The third kappa shape index (κ3) is 4.77. The fourth-order valence-electron chi connectivity index (χ4n) is 3.47. The zero-order chi connectivity index (χ0) is 22.1. The highest BCUT2D eigenvalue weighted by Crippen LogP contribution is 2.30. The summed E-state index contributed by atoms with van der Waals surface area (Å²) < 4.78 is 51.8. The molecule has 0 unspecified atom stereocenters. The van der Waals surface area contributed by atoms with Crippen molar-refractivity contribution in [1.29, 1.82) is 0 Å². The summed E-state index contributed by atoms with van der Waals surface area (Å²) in [6, 6.07) is 6.46. The average Bonchev–Trinajstić information content (AvgIpc) is 2.98. The molecule has 30 heavy (non-hydrogen) atoms. The molecule has 0 saturated carbocycles. The van der Waals surface area contributed by atoms with E-state index in [4.69, 9.17) is 0 Å². The van der Waals surface area contributed by atoms with Crippen LogP contribution in [0.3, 0.4) is 0 Å². The molecule has 1 aromatic carbocycles. The van der Waals surface area contributed by atoms with Crippen molar-refractivity contribution in [3.8, 4) is 0 Å². The predicted molar refractivity (Wildman–Crippen MR) is 102 cm³/mol. The first kappa shape index (κ1) is 21.7. The number of amides is 2. The molecular weight excluding hydrogens is 402 g/mol. The number of alkyl halides is 3. The number of hydrogen-bond donors (Lipinski definition) is 0. The van der Waals surface area contributed by atoms with Crippen LogP contribution in [0.25, 0.3) is 0 Å². The van der Waals surface area contributed by atoms with Gasteiger partial charge in [0.15, 0.2) is 5.78 Å². The van der Waals surface area contributed by atoms with Gasteiger partial charge in [-0.15, -0.1) is 0 Å². The number of carbonyl (C=O) groups is 2. The first-order valence-corrected chi connectivity index (χ1v) is 9.44. The lowest BCUT2D eigenvalue weighted by molar-refractivity contribution is -0.137. The molecule has 2 amide bonds. The SMILES string of the molecule is CC(C)[C@H]1CN(c2ccc(F)cn2)C(=O)N1CC(=O)Cc1cccc(C(F)(F)F)c1. The molecule has 5 nitrogen and oxygen atoms in total. The molecule has 1 aliphatic heterocycles. The van der Waals surface area contributed by atoms with Crippen LogP contribution in [-0.4, -0.2) is 40.8 Å². The maximum atomic E-state index is 13.1. The van der Waals surface area contributed by atoms with Gasteiger partial charge >= 0.3 is 12.2 Å². The summed E-state index contributed by atoms with van der Waals surface area (Å²) in [6.07, 6.45) is -3.70. The molecule has 0 N–H and O–H groups in total. The van der Waals surface area contributed by atoms with Gasteiger partial charge in [0.05, 0.1) is 24.3 Å². The standard InChI is InChI=1S/C21H21F4N3O2/c1-13(2)18-12-28(19-7-6-16(22)10-26-19)20(30)27(18)11-17(29)9-14-4-3-5-15(8-14)21(23,24)25/h3-8,10,13,18H,9,11-12H2,1-2H3/t18-/m1/s1. The lowest BCUT2D eigenvalue weighted by Crippen LogP contribution is -2.41. The molecular formula is C21H21F4N3O2. The predicted octanol–water partition coefficient (Wildman–Crippen LogP) is 4.32. The Kier molecular flexibility index (Phi) is 6.09. The normalized spacial score (nSPS) is 17.2. The molecule has 0 radical (unpaired) electrons. The summed E-state index contributed by atoms with van der Waals surface area (Å²) in [4.78, 5) is 32.2. The van der Waals surface area contributed by atoms with Crippen LogP contribution in [0.2, 0.25) is 0 Å². The number of ketones is 1. The van der Waals surface area contributed by atoms with E-state index in [1.807, 2.05) is 13.8 Å². The fourth-order valence-corrected chi connectivity index (χ4v) is 3.47. The molecule has 1 saturated heterocycles. The summed E-state index contributed by atoms with van der Waals surface area (Å²) >= 11 is 0. The second kappa shape index (κ2) is 8.41. The van der Waals surface area contributed by atoms with Gasteiger partial charge < -0.3 is 4.90 Å². The van der Waals surface area contributed by atoms with Crippen molar-refractivity contribution >= 4 is 17.6 Å². The van der Waals surface area contributed by atoms with Crippen LogP contribution in [0.4, 0.5) is 28.2 Å². The van der Waals surface area contributed by atoms with E-state index in [9.17, 15) is 27.2 Å². The van der Waals surface area contributed by atoms with Crippen molar-refractivity contribution < 1.29 is 27.2 Å². The van der Waals surface area contributed by atoms with E-state index in [1.54, 1.807) is 0 Å². The Morgan fingerprint density at radius 1 is 1.23 bits per heavy atom. The van der Waals surface area contributed by atoms with Gasteiger partial charge in [-0.25, -0.2) is 14.2 Å². The van der Waals surface area contributed by atoms with Gasteiger partial charge in [0.25, 0.3) is 0 Å². The second-order valence-electron chi connectivity index (χ2n) is 7.58. The quantitative estimate of drug-likeness (QED) is 0.651. The minimum absolute atomic E-state index is 0.0285. The molecule has 0 spiro atoms. The van der Waals surface area contributed by atoms with Gasteiger partial charge in [-0.05, 0) is 29.7 Å². The van der Waals surface area contributed by atoms with E-state index in [-0.39, 0.29) is 48.6 Å². The van der Waals surface area contributed by atoms with E-state index in [0.717, 1.165) is 18.3 Å². The van der Waals surface area contributed by atoms with Crippen LogP contribution in [-0.2, 0) is 17.4 Å². The molecule has 1 fully saturated rings. The zero-order valence-electron chi connectivity index (χ0n) is 16.5. The van der Waals surface area contributed by atoms with Crippen LogP contribution in [0.15, 0.2) is 42.6 Å². The third-order valence-electron chi connectivity index (χ3n) is 5.01. The van der Waals surface area contributed by atoms with E-state index in [0.29, 0.717) is 0 Å². The van der Waals surface area contributed by atoms with Crippen LogP contribution in [0, 0.1) is 11.7 Å². The van der Waals surface area contributed by atoms with E-state index in [1.165, 1.54) is 34.1 Å². The highest BCUT2D eigenvalue weighted by Gasteiger charge is 2.40. The smallest absolute Gasteiger partial charge is 0.312 e. The number of aromatic nitrogens is 1. The van der Waals surface area contributed by atoms with Crippen molar-refractivity contribution in [3.63, 3.8) is 0 Å². The average molecular weight is 423 g/mol. The van der Waals surface area contributed by atoms with E-state index < -0.39 is 23.6 Å². The minimum Gasteiger partial charge on any atom is -0.312 e. The Morgan fingerprint density at radius 3 is 2.57 bits per heavy atom. The third-order valence-corrected chi connectivity index (χ3v) is 5.01. The lowest BCUT2D eigenvalue weighted by atomic mass is 10.0. The molecule has 0 bridgehead atoms. The first-order chi connectivity index (χ1) is 14.1. The highest BCUT2D eigenvalue weighted by atomic mass is 19.4. The van der Waals surface area contributed by atoms with Crippen molar-refractivity contribution in [3.05, 3.63) is 59.5 Å². The van der Waals surface area contributed by atoms with Crippen LogP contribution in [0.5, 0.6) is 0 Å². The number of carbonyl (C=O) groups excluding carboxylic acids is 2. The highest BCUT2D eigenvalue weighted by molar-refractivity contribution is 5.96. The maximum Gasteiger partial charge on any atom is 0.416 e. The second-order valence-corrected chi connectivity index (χ2v) is 7.58. The lowest BCUT2D eigenvalue weighted by Gasteiger charge is -2.25. The Hall–Kier alpha value is -2.97. The Morgan fingerprint density at radius 2 is 1.97 bits per heavy atom. The molecule has 3 rings (SSSR count). The number of halogens is 4. The molecule has 1 atom stereocenters. The summed E-state index contributed by atoms with van der Waals surface area (Å²) in [5.74, 6) is -0.596. The Labute approximate surface area is 171 Å². The molecule has 2 heterocycles. The molecule has 1 aromatic heterocycles. The fraction of sp³-hybridized carbons (Fsp3) is 0.381. The number of benzene rings is 1. The zero-order valence-corrected chi connectivity index (χ0v) is 16.5. The number of hydrogen-bond acceptors (Lipinski definition) is 3. The van der Waals surface area contributed by atoms with Gasteiger partial charge in [0.1, 0.15) is 11.6 Å². The Bertz CT molecular complexity index is 929. The summed E-state index contributed by atoms with van der Waals surface area (Å²) in [5, 5.41) is 0. The monoisotopic (exact) mass is 423 g/mol. The van der Waals surface area contributed by atoms with Gasteiger partial charge in [-0.1, -0.05) is 32.0 Å². The minimum atomic E-state index is -4.49. The largest absolute Gasteiger partial charge is 0.416 e. The first-order valence-electron chi connectivity index (χ1n) is 9.44. The number of anilines is 1. The van der Waals surface area contributed by atoms with Crippen LogP contribution in [0.1, 0.15) is 25.0 Å². The van der Waals surface area contributed by atoms with Crippen LogP contribution >= 0.6 is 0 Å². The number of urea groups is 1. The number of rotatable bonds is 6. The maximum absolute atomic E-state index is 13.1. The summed E-state index contributed by atoms with van der Waals surface area (Å²) in [6.45, 7) is 3.87. The summed E-state index contributed by atoms with van der Waals surface area (Å²) in [5.41, 5.74) is -0.585. The molecule has 2 aromatic rings. The number of pyridine rings is 1. The van der Waals surface area contributed by atoms with Gasteiger partial charge in [0, 0.05) is 13.0 Å². The molecule has 160 valence electrons. The van der Waals surface area contributed by atoms with Gasteiger partial charge in [-0.3, -0.25) is 9.69 Å². The van der Waals surface area contributed by atoms with E-state index >= 15 is 0 Å². The van der Waals surface area contributed by atoms with Crippen molar-refractivity contribution in [2.24, 2.45) is 5.92 Å². The number of Topliss-reactive ketones (excluding diaryl/α,β-unsaturated/α-hetero) is 1. The van der Waals surface area contributed by atoms with Crippen molar-refractivity contribution in [1.82, 2.24) is 9.88 Å². The van der Waals surface area contributed by atoms with Gasteiger partial charge in [-0.2, -0.15) is 13.2 Å². The Balaban J connectivity index is 1.74. The topological polar surface area (TPSA) is 53.5 Å². The molecule has 0 aliphatic carbocycles. The van der Waals surface area contributed by atoms with Gasteiger partial charge in [0.2, 0.25) is 0 Å². The summed E-state index contributed by atoms with van der Waals surface area (Å²) in [7, 11) is 0. The molecule has 9 heteroatoms. The van der Waals surface area contributed by atoms with Crippen molar-refractivity contribution in [2.45, 2.75) is 32.5 Å². The molecule has 1 aliphatic rings. The van der Waals surface area contributed by atoms with Crippen molar-refractivity contribution in [2.75, 3.05) is 18.0 Å².